The zero-order chi connectivity index (χ0) is 9.42. The van der Waals surface area contributed by atoms with Crippen LogP contribution in [0.3, 0.4) is 0 Å². The minimum Gasteiger partial charge on any atom is -0.467 e. The average Bonchev–Trinajstić information content (AvgIpc) is 2.48. The first-order chi connectivity index (χ1) is 6.22. The highest BCUT2D eigenvalue weighted by molar-refractivity contribution is 5.47. The molecule has 2 heterocycles. The lowest BCUT2D eigenvalue weighted by atomic mass is 10.1. The van der Waals surface area contributed by atoms with Crippen molar-refractivity contribution in [3.63, 3.8) is 0 Å². The van der Waals surface area contributed by atoms with Crippen molar-refractivity contribution in [2.24, 2.45) is 0 Å². The van der Waals surface area contributed by atoms with Gasteiger partial charge in [-0.1, -0.05) is 0 Å². The molecular weight excluding hydrogens is 168 g/mol. The van der Waals surface area contributed by atoms with Gasteiger partial charge in [-0.25, -0.2) is 0 Å². The largest absolute Gasteiger partial charge is 0.467 e. The van der Waals surface area contributed by atoms with E-state index in [0.717, 1.165) is 17.8 Å². The molecule has 1 aromatic rings. The second kappa shape index (κ2) is 2.85. The van der Waals surface area contributed by atoms with Crippen LogP contribution in [0.5, 0.6) is 6.01 Å². The molecule has 0 radical (unpaired) electrons. The zero-order valence-electron chi connectivity index (χ0n) is 7.66. The van der Waals surface area contributed by atoms with E-state index in [1.165, 1.54) is 7.11 Å². The fraction of sp³-hybridized carbons (Fsp3) is 0.500. The van der Waals surface area contributed by atoms with Gasteiger partial charge in [0.2, 0.25) is 0 Å². The van der Waals surface area contributed by atoms with E-state index in [9.17, 15) is 0 Å². The van der Waals surface area contributed by atoms with Gasteiger partial charge in [0.25, 0.3) is 0 Å². The number of anilines is 1. The molecule has 0 fully saturated rings. The molecular formula is C8H12N4O. The first-order valence-corrected chi connectivity index (χ1v) is 4.16. The molecule has 1 aromatic heterocycles. The summed E-state index contributed by atoms with van der Waals surface area (Å²) in [5.74, 6) is 0.513. The van der Waals surface area contributed by atoms with Gasteiger partial charge in [0, 0.05) is 18.2 Å². The number of aromatic nitrogens is 2. The Morgan fingerprint density at radius 2 is 2.31 bits per heavy atom. The summed E-state index contributed by atoms with van der Waals surface area (Å²) in [7, 11) is 1.53. The number of nitrogens with zero attached hydrogens (tertiary/aromatic N) is 2. The first kappa shape index (κ1) is 8.25. The molecule has 0 amide bonds. The maximum atomic E-state index is 5.77. The molecule has 2 rings (SSSR count). The predicted molar refractivity (Wildman–Crippen MR) is 48.3 cm³/mol. The summed E-state index contributed by atoms with van der Waals surface area (Å²) in [6.45, 7) is 2.78. The molecule has 5 heteroatoms. The van der Waals surface area contributed by atoms with E-state index in [4.69, 9.17) is 10.5 Å². The van der Waals surface area contributed by atoms with Gasteiger partial charge in [-0.05, 0) is 6.92 Å². The van der Waals surface area contributed by atoms with Crippen LogP contribution in [0.2, 0.25) is 0 Å². The molecule has 70 valence electrons. The number of methoxy groups -OCH3 is 1. The Bertz CT molecular complexity index is 339. The second-order valence-electron chi connectivity index (χ2n) is 3.06. The average molecular weight is 180 g/mol. The van der Waals surface area contributed by atoms with Gasteiger partial charge >= 0.3 is 6.01 Å². The summed E-state index contributed by atoms with van der Waals surface area (Å²) in [6.07, 6.45) is 0. The van der Waals surface area contributed by atoms with Gasteiger partial charge in [0.15, 0.2) is 0 Å². The van der Waals surface area contributed by atoms with Gasteiger partial charge < -0.3 is 15.8 Å². The molecule has 0 spiro atoms. The summed E-state index contributed by atoms with van der Waals surface area (Å²) >= 11 is 0. The molecule has 5 nitrogen and oxygen atoms in total. The molecule has 1 unspecified atom stereocenters. The number of rotatable bonds is 1. The van der Waals surface area contributed by atoms with Crippen molar-refractivity contribution in [2.75, 3.05) is 12.8 Å². The number of nitrogens with one attached hydrogen (secondary N) is 1. The monoisotopic (exact) mass is 180 g/mol. The van der Waals surface area contributed by atoms with Crippen LogP contribution in [-0.2, 0) is 6.54 Å². The van der Waals surface area contributed by atoms with Crippen molar-refractivity contribution in [1.82, 2.24) is 15.3 Å². The zero-order valence-corrected chi connectivity index (χ0v) is 7.66. The molecule has 13 heavy (non-hydrogen) atoms. The van der Waals surface area contributed by atoms with E-state index >= 15 is 0 Å². The standard InChI is InChI=1S/C8H12N4O/c1-4-6-5(3-10-4)11-8(13-2)12-7(6)9/h4,10H,3H2,1-2H3,(H2,9,11,12). The lowest BCUT2D eigenvalue weighted by Crippen LogP contribution is -2.08. The van der Waals surface area contributed by atoms with Crippen LogP contribution < -0.4 is 15.8 Å². The van der Waals surface area contributed by atoms with Crippen LogP contribution in [-0.4, -0.2) is 17.1 Å². The summed E-state index contributed by atoms with van der Waals surface area (Å²) in [4.78, 5) is 8.23. The maximum absolute atomic E-state index is 5.77. The van der Waals surface area contributed by atoms with Crippen LogP contribution >= 0.6 is 0 Å². The molecule has 0 saturated carbocycles. The summed E-state index contributed by atoms with van der Waals surface area (Å²) < 4.78 is 4.93. The highest BCUT2D eigenvalue weighted by Gasteiger charge is 2.23. The molecule has 1 atom stereocenters. The van der Waals surface area contributed by atoms with Crippen LogP contribution in [0.15, 0.2) is 0 Å². The number of fused-ring (bicyclic) bond motifs is 1. The topological polar surface area (TPSA) is 73.1 Å². The lowest BCUT2D eigenvalue weighted by molar-refractivity contribution is 0.379. The third-order valence-electron chi connectivity index (χ3n) is 2.22. The van der Waals surface area contributed by atoms with Crippen molar-refractivity contribution < 1.29 is 4.74 Å². The smallest absolute Gasteiger partial charge is 0.318 e. The van der Waals surface area contributed by atoms with Gasteiger partial charge in [0.05, 0.1) is 12.8 Å². The fourth-order valence-electron chi connectivity index (χ4n) is 1.56. The molecule has 1 aliphatic heterocycles. The Morgan fingerprint density at radius 3 is 3.00 bits per heavy atom. The van der Waals surface area contributed by atoms with E-state index in [2.05, 4.69) is 15.3 Å². The van der Waals surface area contributed by atoms with E-state index in [0.29, 0.717) is 11.8 Å². The maximum Gasteiger partial charge on any atom is 0.318 e. The summed E-state index contributed by atoms with van der Waals surface area (Å²) in [5.41, 5.74) is 7.71. The van der Waals surface area contributed by atoms with Crippen LogP contribution in [0.1, 0.15) is 24.2 Å². The van der Waals surface area contributed by atoms with Crippen LogP contribution in [0.4, 0.5) is 5.82 Å². The van der Waals surface area contributed by atoms with E-state index in [1.807, 2.05) is 6.92 Å². The Labute approximate surface area is 76.3 Å². The number of hydrogen-bond acceptors (Lipinski definition) is 5. The Balaban J connectivity index is 2.53. The fourth-order valence-corrected chi connectivity index (χ4v) is 1.56. The highest BCUT2D eigenvalue weighted by Crippen LogP contribution is 2.28. The van der Waals surface area contributed by atoms with Gasteiger partial charge in [0.1, 0.15) is 5.82 Å². The number of nitrogens with two attached hydrogens (primary N) is 1. The summed E-state index contributed by atoms with van der Waals surface area (Å²) in [6, 6.07) is 0.577. The molecule has 0 aromatic carbocycles. The van der Waals surface area contributed by atoms with E-state index < -0.39 is 0 Å². The predicted octanol–water partition coefficient (Wildman–Crippen LogP) is 0.232. The second-order valence-corrected chi connectivity index (χ2v) is 3.06. The van der Waals surface area contributed by atoms with Gasteiger partial charge in [-0.2, -0.15) is 9.97 Å². The van der Waals surface area contributed by atoms with Crippen molar-refractivity contribution in [2.45, 2.75) is 19.5 Å². The third kappa shape index (κ3) is 1.21. The Morgan fingerprint density at radius 1 is 1.54 bits per heavy atom. The molecule has 1 aliphatic rings. The molecule has 3 N–H and O–H groups in total. The van der Waals surface area contributed by atoms with Gasteiger partial charge in [-0.15, -0.1) is 0 Å². The first-order valence-electron chi connectivity index (χ1n) is 4.16. The third-order valence-corrected chi connectivity index (χ3v) is 2.22. The lowest BCUT2D eigenvalue weighted by Gasteiger charge is -2.07. The highest BCUT2D eigenvalue weighted by atomic mass is 16.5. The normalized spacial score (nSPS) is 20.0. The van der Waals surface area contributed by atoms with Crippen molar-refractivity contribution in [1.29, 1.82) is 0 Å². The molecule has 0 bridgehead atoms. The van der Waals surface area contributed by atoms with Crippen molar-refractivity contribution in [3.05, 3.63) is 11.3 Å². The minimum absolute atomic E-state index is 0.237. The van der Waals surface area contributed by atoms with E-state index in [1.54, 1.807) is 0 Å². The molecule has 0 saturated heterocycles. The SMILES string of the molecule is COc1nc(N)c2c(n1)CNC2C. The van der Waals surface area contributed by atoms with Crippen molar-refractivity contribution in [3.8, 4) is 6.01 Å². The Hall–Kier alpha value is -1.36. The Kier molecular flexibility index (Phi) is 1.81. The number of hydrogen-bond donors (Lipinski definition) is 2. The minimum atomic E-state index is 0.237. The quantitative estimate of drug-likeness (QED) is 0.647. The van der Waals surface area contributed by atoms with Gasteiger partial charge in [-0.3, -0.25) is 0 Å². The van der Waals surface area contributed by atoms with Crippen LogP contribution in [0.25, 0.3) is 0 Å². The van der Waals surface area contributed by atoms with Crippen LogP contribution in [0, 0.1) is 0 Å². The molecule has 0 aliphatic carbocycles. The summed E-state index contributed by atoms with van der Waals surface area (Å²) in [5, 5.41) is 3.24. The number of nitrogen functional groups attached to an aromatic ring is 1. The van der Waals surface area contributed by atoms with Crippen molar-refractivity contribution >= 4 is 5.82 Å². The van der Waals surface area contributed by atoms with E-state index in [-0.39, 0.29) is 6.04 Å². The number of ether oxygens (including phenoxy) is 1.